The summed E-state index contributed by atoms with van der Waals surface area (Å²) in [6.07, 6.45) is 6.60. The number of carbonyl (C=O) groups is 2. The third-order valence-corrected chi connectivity index (χ3v) is 7.39. The highest BCUT2D eigenvalue weighted by Crippen LogP contribution is 2.38. The van der Waals surface area contributed by atoms with Crippen molar-refractivity contribution in [3.8, 4) is 11.5 Å². The number of rotatable bonds is 7. The summed E-state index contributed by atoms with van der Waals surface area (Å²) in [5, 5.41) is 2.92. The molecule has 1 aliphatic carbocycles. The van der Waals surface area contributed by atoms with Gasteiger partial charge in [-0.25, -0.2) is 19.0 Å². The Morgan fingerprint density at radius 1 is 1.26 bits per heavy atom. The van der Waals surface area contributed by atoms with Gasteiger partial charge in [0.05, 0.1) is 16.7 Å². The van der Waals surface area contributed by atoms with Gasteiger partial charge in [-0.2, -0.15) is 0 Å². The van der Waals surface area contributed by atoms with Crippen LogP contribution in [0.2, 0.25) is 0 Å². The molecule has 2 amide bonds. The Bertz CT molecular complexity index is 1540. The Morgan fingerprint density at radius 3 is 2.56 bits per heavy atom. The molecule has 11 nitrogen and oxygen atoms in total. The number of likely N-dealkylation sites (tertiary alicyclic amines) is 1. The number of amides is 2. The summed E-state index contributed by atoms with van der Waals surface area (Å²) in [6, 6.07) is 7.60. The average molecular weight is 611 g/mol. The lowest BCUT2D eigenvalue weighted by Crippen LogP contribution is -2.50. The number of alkyl carbamates (subject to hydrolysis) is 1. The number of benzene rings is 1. The van der Waals surface area contributed by atoms with E-state index >= 15 is 0 Å². The predicted molar refractivity (Wildman–Crippen MR) is 171 cm³/mol. The van der Waals surface area contributed by atoms with E-state index in [1.54, 1.807) is 11.0 Å². The summed E-state index contributed by atoms with van der Waals surface area (Å²) in [4.78, 5) is 36.8. The van der Waals surface area contributed by atoms with Crippen LogP contribution in [0.1, 0.15) is 62.4 Å². The van der Waals surface area contributed by atoms with Crippen molar-refractivity contribution in [2.75, 3.05) is 19.3 Å². The minimum Gasteiger partial charge on any atom is -0.444 e. The molecule has 2 aromatic heterocycles. The number of aliphatic imine (C=N–C) groups is 1. The summed E-state index contributed by atoms with van der Waals surface area (Å²) in [7, 11) is 1.99. The van der Waals surface area contributed by atoms with Gasteiger partial charge in [-0.05, 0) is 83.4 Å². The number of imidazole rings is 1. The van der Waals surface area contributed by atoms with Crippen molar-refractivity contribution in [3.63, 3.8) is 0 Å². The number of nitrogens with zero attached hydrogens (tertiary/aromatic N) is 5. The molecule has 2 N–H and O–H groups in total. The second-order valence-corrected chi connectivity index (χ2v) is 12.9. The molecule has 0 spiro atoms. The summed E-state index contributed by atoms with van der Waals surface area (Å²) < 4.78 is 26.3. The smallest absolute Gasteiger partial charge is 0.407 e. The fraction of sp³-hybridized carbons (Fsp3) is 0.484. The highest BCUT2D eigenvalue weighted by Gasteiger charge is 2.29. The predicted octanol–water partition coefficient (Wildman–Crippen LogP) is 5.39. The van der Waals surface area contributed by atoms with Crippen LogP contribution in [0, 0.1) is 5.92 Å². The first-order chi connectivity index (χ1) is 20.3. The summed E-state index contributed by atoms with van der Waals surface area (Å²) >= 11 is -1.61. The molecule has 1 saturated heterocycles. The van der Waals surface area contributed by atoms with E-state index < -0.39 is 22.8 Å². The zero-order valence-electron chi connectivity index (χ0n) is 25.6. The molecule has 43 heavy (non-hydrogen) atoms. The third-order valence-electron chi connectivity index (χ3n) is 7.39. The van der Waals surface area contributed by atoms with Crippen molar-refractivity contribution in [2.45, 2.75) is 64.6 Å². The van der Waals surface area contributed by atoms with Crippen molar-refractivity contribution >= 4 is 52.7 Å². The minimum atomic E-state index is -1.61. The monoisotopic (exact) mass is 610 g/mol. The van der Waals surface area contributed by atoms with Crippen molar-refractivity contribution in [3.05, 3.63) is 42.0 Å². The Morgan fingerprint density at radius 2 is 1.95 bits per heavy atom. The molecule has 1 aliphatic heterocycles. The summed E-state index contributed by atoms with van der Waals surface area (Å²) in [5.74, 6) is 2.21. The second-order valence-electron chi connectivity index (χ2n) is 12.1. The molecule has 2 unspecified atom stereocenters. The SMILES string of the molecule is C=Cc1cc(-c2nc3cc(C(=O)N4CCCC(NC(=O)OC(C)(C)C)C4)ccc3n2C)n(CC2CC2)c1N=C.CS(=O)O. The number of nitrogens with one attached hydrogen (secondary N) is 1. The molecule has 3 aromatic rings. The summed E-state index contributed by atoms with van der Waals surface area (Å²) in [6.45, 7) is 15.2. The maximum absolute atomic E-state index is 13.5. The lowest BCUT2D eigenvalue weighted by atomic mass is 10.0. The van der Waals surface area contributed by atoms with Gasteiger partial charge in [0.25, 0.3) is 5.91 Å². The minimum absolute atomic E-state index is 0.0658. The van der Waals surface area contributed by atoms with Crippen molar-refractivity contribution in [1.82, 2.24) is 24.3 Å². The topological polar surface area (TPSA) is 131 Å². The fourth-order valence-electron chi connectivity index (χ4n) is 5.31. The lowest BCUT2D eigenvalue weighted by Gasteiger charge is -2.33. The Kier molecular flexibility index (Phi) is 9.91. The molecule has 2 atom stereocenters. The zero-order chi connectivity index (χ0) is 31.5. The van der Waals surface area contributed by atoms with Gasteiger partial charge in [0.15, 0.2) is 5.82 Å². The largest absolute Gasteiger partial charge is 0.444 e. The molecule has 232 valence electrons. The number of aromatic nitrogens is 3. The number of hydrogen-bond acceptors (Lipinski definition) is 6. The van der Waals surface area contributed by atoms with Crippen LogP contribution in [0.4, 0.5) is 10.6 Å². The number of ether oxygens (including phenoxy) is 1. The second kappa shape index (κ2) is 13.3. The molecule has 2 fully saturated rings. The maximum Gasteiger partial charge on any atom is 0.407 e. The van der Waals surface area contributed by atoms with Gasteiger partial charge < -0.3 is 28.6 Å². The number of carbonyl (C=O) groups excluding carboxylic acids is 2. The highest BCUT2D eigenvalue weighted by molar-refractivity contribution is 7.78. The van der Waals surface area contributed by atoms with E-state index in [2.05, 4.69) is 38.8 Å². The van der Waals surface area contributed by atoms with Crippen molar-refractivity contribution < 1.29 is 23.1 Å². The first kappa shape index (κ1) is 32.2. The lowest BCUT2D eigenvalue weighted by molar-refractivity contribution is 0.0452. The molecule has 12 heteroatoms. The van der Waals surface area contributed by atoms with E-state index in [1.807, 2.05) is 46.0 Å². The van der Waals surface area contributed by atoms with Gasteiger partial charge in [0.2, 0.25) is 0 Å². The zero-order valence-corrected chi connectivity index (χ0v) is 26.4. The van der Waals surface area contributed by atoms with Crippen molar-refractivity contribution in [2.24, 2.45) is 18.0 Å². The Hall–Kier alpha value is -3.77. The number of aryl methyl sites for hydroxylation is 1. The van der Waals surface area contributed by atoms with Crippen LogP contribution < -0.4 is 5.32 Å². The van der Waals surface area contributed by atoms with Gasteiger partial charge in [-0.1, -0.05) is 12.7 Å². The molecule has 1 saturated carbocycles. The highest BCUT2D eigenvalue weighted by atomic mass is 32.2. The first-order valence-corrected chi connectivity index (χ1v) is 15.9. The third kappa shape index (κ3) is 7.99. The van der Waals surface area contributed by atoms with Crippen LogP contribution in [0.3, 0.4) is 0 Å². The van der Waals surface area contributed by atoms with Gasteiger partial charge in [-0.3, -0.25) is 4.79 Å². The fourth-order valence-corrected chi connectivity index (χ4v) is 5.31. The van der Waals surface area contributed by atoms with Gasteiger partial charge in [0, 0.05) is 50.1 Å². The average Bonchev–Trinajstić information content (AvgIpc) is 3.60. The van der Waals surface area contributed by atoms with Crippen molar-refractivity contribution in [1.29, 1.82) is 0 Å². The normalized spacial score (nSPS) is 17.5. The van der Waals surface area contributed by atoms with Gasteiger partial charge in [0.1, 0.15) is 22.5 Å². The van der Waals surface area contributed by atoms with Crippen LogP contribution in [-0.4, -0.2) is 77.5 Å². The van der Waals surface area contributed by atoms with Crippen LogP contribution in [0.5, 0.6) is 0 Å². The summed E-state index contributed by atoms with van der Waals surface area (Å²) in [5.41, 5.74) is 3.62. The van der Waals surface area contributed by atoms with Gasteiger partial charge >= 0.3 is 6.09 Å². The molecule has 5 rings (SSSR count). The van der Waals surface area contributed by atoms with Crippen LogP contribution >= 0.6 is 0 Å². The molecule has 3 heterocycles. The standard InChI is InChI=1S/C30H38N6O3.CH4O2S/c1-7-20-16-25(36(26(20)31-5)17-19-10-11-19)27-33-23-15-21(12-13-24(23)34(27)6)28(37)35-14-8-9-22(18-35)32-29(38)39-30(2,3)4;1-4(2)3/h7,12-13,15-16,19,22H,1,5,8-11,14,17-18H2,2-4,6H3,(H,32,38);1H3,(H,2,3). The first-order valence-electron chi connectivity index (χ1n) is 14.4. The van der Waals surface area contributed by atoms with Gasteiger partial charge in [-0.15, -0.1) is 0 Å². The molecular formula is C31H42N6O5S. The number of fused-ring (bicyclic) bond motifs is 1. The van der Waals surface area contributed by atoms with E-state index in [4.69, 9.17) is 18.5 Å². The van der Waals surface area contributed by atoms with Crippen LogP contribution in [-0.2, 0) is 29.4 Å². The molecular weight excluding hydrogens is 568 g/mol. The van der Waals surface area contributed by atoms with Crippen LogP contribution in [0.15, 0.2) is 35.8 Å². The van der Waals surface area contributed by atoms with E-state index in [-0.39, 0.29) is 11.9 Å². The van der Waals surface area contributed by atoms with E-state index in [1.165, 1.54) is 19.1 Å². The molecule has 2 aliphatic rings. The molecule has 1 aromatic carbocycles. The Labute approximate surface area is 255 Å². The molecule has 0 bridgehead atoms. The van der Waals surface area contributed by atoms with E-state index in [9.17, 15) is 9.59 Å². The number of hydrogen-bond donors (Lipinski definition) is 2. The quantitative estimate of drug-likeness (QED) is 0.272. The van der Waals surface area contributed by atoms with Crippen LogP contribution in [0.25, 0.3) is 28.6 Å². The molecule has 0 radical (unpaired) electrons. The number of piperidine rings is 1. The Balaban J connectivity index is 0.000000996. The van der Waals surface area contributed by atoms with E-state index in [0.29, 0.717) is 24.6 Å². The maximum atomic E-state index is 13.5. The van der Waals surface area contributed by atoms with E-state index in [0.717, 1.165) is 53.3 Å².